The van der Waals surface area contributed by atoms with Crippen LogP contribution < -0.4 is 0 Å². The van der Waals surface area contributed by atoms with E-state index < -0.39 is 10.0 Å². The van der Waals surface area contributed by atoms with Crippen molar-refractivity contribution in [1.29, 1.82) is 0 Å². The van der Waals surface area contributed by atoms with Gasteiger partial charge in [0.25, 0.3) is 0 Å². The summed E-state index contributed by atoms with van der Waals surface area (Å²) in [4.78, 5) is 1.39. The van der Waals surface area contributed by atoms with E-state index in [1.54, 1.807) is 29.5 Å². The predicted molar refractivity (Wildman–Crippen MR) is 74.2 cm³/mol. The van der Waals surface area contributed by atoms with Crippen LogP contribution in [0.15, 0.2) is 11.4 Å². The Morgan fingerprint density at radius 2 is 2.11 bits per heavy atom. The van der Waals surface area contributed by atoms with Crippen LogP contribution in [0.4, 0.5) is 0 Å². The highest BCUT2D eigenvalue weighted by Crippen LogP contribution is 2.49. The van der Waals surface area contributed by atoms with Gasteiger partial charge in [-0.3, -0.25) is 0 Å². The van der Waals surface area contributed by atoms with Crippen molar-refractivity contribution in [3.63, 3.8) is 0 Å². The van der Waals surface area contributed by atoms with Gasteiger partial charge in [0, 0.05) is 11.4 Å². The Kier molecular flexibility index (Phi) is 3.03. The smallest absolute Gasteiger partial charge is 0.212 e. The van der Waals surface area contributed by atoms with E-state index in [2.05, 4.69) is 11.4 Å². The van der Waals surface area contributed by atoms with Crippen molar-refractivity contribution in [2.45, 2.75) is 44.4 Å². The lowest BCUT2D eigenvalue weighted by Gasteiger charge is -2.36. The van der Waals surface area contributed by atoms with E-state index in [4.69, 9.17) is 0 Å². The van der Waals surface area contributed by atoms with Gasteiger partial charge in [0.1, 0.15) is 0 Å². The summed E-state index contributed by atoms with van der Waals surface area (Å²) in [5.74, 6) is 0.548. The van der Waals surface area contributed by atoms with Gasteiger partial charge in [-0.2, -0.15) is 4.31 Å². The summed E-state index contributed by atoms with van der Waals surface area (Å²) >= 11 is 1.77. The molecule has 2 aliphatic rings. The first kappa shape index (κ1) is 12.6. The molecule has 1 aliphatic carbocycles. The van der Waals surface area contributed by atoms with Crippen LogP contribution in [-0.2, 0) is 16.4 Å². The molecule has 1 aliphatic heterocycles. The highest BCUT2D eigenvalue weighted by atomic mass is 32.2. The van der Waals surface area contributed by atoms with E-state index in [9.17, 15) is 8.42 Å². The highest BCUT2D eigenvalue weighted by molar-refractivity contribution is 7.89. The van der Waals surface area contributed by atoms with Crippen LogP contribution in [0.3, 0.4) is 0 Å². The van der Waals surface area contributed by atoms with Gasteiger partial charge in [0.05, 0.1) is 11.3 Å². The SMILES string of the molecule is CC(C)S(=O)(=O)N1CCc2sccc2C1C1CC1. The summed E-state index contributed by atoms with van der Waals surface area (Å²) < 4.78 is 26.8. The van der Waals surface area contributed by atoms with E-state index in [1.807, 2.05) is 0 Å². The molecule has 0 amide bonds. The van der Waals surface area contributed by atoms with Crippen LogP contribution in [0.2, 0.25) is 0 Å². The molecule has 1 saturated carbocycles. The number of hydrogen-bond acceptors (Lipinski definition) is 3. The molecule has 1 aromatic heterocycles. The molecule has 0 N–H and O–H groups in total. The fourth-order valence-corrected chi connectivity index (χ4v) is 5.18. The highest BCUT2D eigenvalue weighted by Gasteiger charge is 2.45. The molecule has 0 radical (unpaired) electrons. The summed E-state index contributed by atoms with van der Waals surface area (Å²) in [5, 5.41) is 1.78. The molecule has 0 bridgehead atoms. The monoisotopic (exact) mass is 285 g/mol. The molecule has 100 valence electrons. The van der Waals surface area contributed by atoms with Crippen molar-refractivity contribution in [2.24, 2.45) is 5.92 Å². The second kappa shape index (κ2) is 4.32. The molecule has 0 spiro atoms. The van der Waals surface area contributed by atoms with Crippen LogP contribution in [0, 0.1) is 5.92 Å². The largest absolute Gasteiger partial charge is 0.217 e. The first-order valence-corrected chi connectivity index (χ1v) is 8.97. The van der Waals surface area contributed by atoms with Gasteiger partial charge in [0.2, 0.25) is 10.0 Å². The molecule has 1 atom stereocenters. The van der Waals surface area contributed by atoms with Gasteiger partial charge in [-0.15, -0.1) is 11.3 Å². The number of nitrogens with zero attached hydrogens (tertiary/aromatic N) is 1. The average Bonchev–Trinajstić information content (AvgIpc) is 3.04. The van der Waals surface area contributed by atoms with E-state index >= 15 is 0 Å². The average molecular weight is 285 g/mol. The zero-order valence-corrected chi connectivity index (χ0v) is 12.4. The third-order valence-electron chi connectivity index (χ3n) is 3.96. The minimum Gasteiger partial charge on any atom is -0.212 e. The van der Waals surface area contributed by atoms with Crippen molar-refractivity contribution in [1.82, 2.24) is 4.31 Å². The van der Waals surface area contributed by atoms with Gasteiger partial charge in [-0.05, 0) is 56.0 Å². The second-order valence-corrected chi connectivity index (χ2v) is 8.98. The summed E-state index contributed by atoms with van der Waals surface area (Å²) in [6.07, 6.45) is 3.22. The first-order valence-electron chi connectivity index (χ1n) is 6.58. The number of hydrogen-bond donors (Lipinski definition) is 0. The summed E-state index contributed by atoms with van der Waals surface area (Å²) in [6, 6.07) is 2.25. The topological polar surface area (TPSA) is 37.4 Å². The van der Waals surface area contributed by atoms with Crippen LogP contribution in [-0.4, -0.2) is 24.5 Å². The Balaban J connectivity index is 2.02. The van der Waals surface area contributed by atoms with E-state index in [0.717, 1.165) is 6.42 Å². The summed E-state index contributed by atoms with van der Waals surface area (Å²) in [6.45, 7) is 4.22. The second-order valence-electron chi connectivity index (χ2n) is 5.54. The molecule has 3 rings (SSSR count). The number of rotatable bonds is 3. The molecule has 5 heteroatoms. The maximum Gasteiger partial charge on any atom is 0.217 e. The Hall–Kier alpha value is -0.390. The Bertz CT molecular complexity index is 543. The maximum absolute atomic E-state index is 12.5. The molecule has 3 nitrogen and oxygen atoms in total. The molecular formula is C13H19NO2S2. The normalized spacial score (nSPS) is 25.4. The van der Waals surface area contributed by atoms with Crippen molar-refractivity contribution >= 4 is 21.4 Å². The van der Waals surface area contributed by atoms with Crippen molar-refractivity contribution in [3.05, 3.63) is 21.9 Å². The van der Waals surface area contributed by atoms with Crippen molar-refractivity contribution < 1.29 is 8.42 Å². The Morgan fingerprint density at radius 1 is 1.39 bits per heavy atom. The quantitative estimate of drug-likeness (QED) is 0.856. The fraction of sp³-hybridized carbons (Fsp3) is 0.692. The lowest BCUT2D eigenvalue weighted by molar-refractivity contribution is 0.280. The lowest BCUT2D eigenvalue weighted by Crippen LogP contribution is -2.43. The Morgan fingerprint density at radius 3 is 2.72 bits per heavy atom. The first-order chi connectivity index (χ1) is 8.51. The maximum atomic E-state index is 12.5. The number of fused-ring (bicyclic) bond motifs is 1. The van der Waals surface area contributed by atoms with E-state index in [0.29, 0.717) is 12.5 Å². The van der Waals surface area contributed by atoms with E-state index in [1.165, 1.54) is 23.3 Å². The summed E-state index contributed by atoms with van der Waals surface area (Å²) in [7, 11) is -3.14. The van der Waals surface area contributed by atoms with Crippen LogP contribution in [0.1, 0.15) is 43.2 Å². The molecule has 1 unspecified atom stereocenters. The van der Waals surface area contributed by atoms with Gasteiger partial charge >= 0.3 is 0 Å². The molecule has 0 aromatic carbocycles. The third-order valence-corrected chi connectivity index (χ3v) is 7.21. The van der Waals surface area contributed by atoms with Crippen LogP contribution in [0.5, 0.6) is 0 Å². The third kappa shape index (κ3) is 1.92. The fourth-order valence-electron chi connectivity index (χ4n) is 2.78. The number of sulfonamides is 1. The van der Waals surface area contributed by atoms with Gasteiger partial charge in [0.15, 0.2) is 0 Å². The zero-order chi connectivity index (χ0) is 12.9. The summed E-state index contributed by atoms with van der Waals surface area (Å²) in [5.41, 5.74) is 1.28. The van der Waals surface area contributed by atoms with Crippen molar-refractivity contribution in [2.75, 3.05) is 6.54 Å². The van der Waals surface area contributed by atoms with Gasteiger partial charge < -0.3 is 0 Å². The molecule has 1 aromatic rings. The predicted octanol–water partition coefficient (Wildman–Crippen LogP) is 2.80. The number of thiophene rings is 1. The molecule has 1 fully saturated rings. The van der Waals surface area contributed by atoms with Crippen LogP contribution >= 0.6 is 11.3 Å². The Labute approximate surface area is 113 Å². The lowest BCUT2D eigenvalue weighted by atomic mass is 9.98. The van der Waals surface area contributed by atoms with Gasteiger partial charge in [-0.1, -0.05) is 0 Å². The molecular weight excluding hydrogens is 266 g/mol. The minimum absolute atomic E-state index is 0.118. The van der Waals surface area contributed by atoms with E-state index in [-0.39, 0.29) is 11.3 Å². The van der Waals surface area contributed by atoms with Crippen molar-refractivity contribution in [3.8, 4) is 0 Å². The molecule has 0 saturated heterocycles. The van der Waals surface area contributed by atoms with Gasteiger partial charge in [-0.25, -0.2) is 8.42 Å². The standard InChI is InChI=1S/C13H19NO2S2/c1-9(2)18(15,16)14-7-5-12-11(6-8-17-12)13(14)10-3-4-10/h6,8-10,13H,3-5,7H2,1-2H3. The van der Waals surface area contributed by atoms with Crippen LogP contribution in [0.25, 0.3) is 0 Å². The zero-order valence-electron chi connectivity index (χ0n) is 10.8. The minimum atomic E-state index is -3.14. The molecule has 2 heterocycles. The molecule has 18 heavy (non-hydrogen) atoms.